The Balaban J connectivity index is 2.65. The van der Waals surface area contributed by atoms with Crippen LogP contribution in [0.4, 0.5) is 5.69 Å². The molecule has 90 valence electrons. The molecule has 0 atom stereocenters. The Morgan fingerprint density at radius 2 is 1.89 bits per heavy atom. The standard InChI is InChI=1S/C15H14N2O/c1-10-3-5-12(14(17)7-10)13-8-11(9-16)4-6-15(13)18-2/h3-8H,17H2,1-2H3. The fourth-order valence-corrected chi connectivity index (χ4v) is 1.92. The van der Waals surface area contributed by atoms with Crippen molar-refractivity contribution >= 4 is 5.69 Å². The number of nitrogens with zero attached hydrogens (tertiary/aromatic N) is 1. The van der Waals surface area contributed by atoms with Crippen molar-refractivity contribution in [2.75, 3.05) is 12.8 Å². The van der Waals surface area contributed by atoms with Gasteiger partial charge in [0.05, 0.1) is 18.7 Å². The molecule has 0 aliphatic heterocycles. The van der Waals surface area contributed by atoms with Crippen LogP contribution in [-0.4, -0.2) is 7.11 Å². The average molecular weight is 238 g/mol. The van der Waals surface area contributed by atoms with Crippen LogP contribution in [0.15, 0.2) is 36.4 Å². The minimum atomic E-state index is 0.589. The number of nitrogen functional groups attached to an aromatic ring is 1. The van der Waals surface area contributed by atoms with Gasteiger partial charge in [0, 0.05) is 16.8 Å². The van der Waals surface area contributed by atoms with E-state index in [0.29, 0.717) is 17.0 Å². The quantitative estimate of drug-likeness (QED) is 0.818. The molecule has 0 aromatic heterocycles. The van der Waals surface area contributed by atoms with Crippen molar-refractivity contribution in [2.45, 2.75) is 6.92 Å². The van der Waals surface area contributed by atoms with Gasteiger partial charge in [0.15, 0.2) is 0 Å². The lowest BCUT2D eigenvalue weighted by Crippen LogP contribution is -1.94. The Morgan fingerprint density at radius 1 is 1.11 bits per heavy atom. The number of nitriles is 1. The van der Waals surface area contributed by atoms with E-state index in [4.69, 9.17) is 15.7 Å². The number of ether oxygens (including phenoxy) is 1. The molecular formula is C15H14N2O. The van der Waals surface area contributed by atoms with Gasteiger partial charge in [-0.2, -0.15) is 5.26 Å². The second-order valence-corrected chi connectivity index (χ2v) is 4.12. The molecule has 0 aliphatic rings. The monoisotopic (exact) mass is 238 g/mol. The number of benzene rings is 2. The van der Waals surface area contributed by atoms with Gasteiger partial charge in [0.25, 0.3) is 0 Å². The maximum absolute atomic E-state index is 8.96. The van der Waals surface area contributed by atoms with Crippen LogP contribution in [0.25, 0.3) is 11.1 Å². The first kappa shape index (κ1) is 12.0. The van der Waals surface area contributed by atoms with Crippen LogP contribution in [0.3, 0.4) is 0 Å². The molecule has 0 radical (unpaired) electrons. The first-order valence-corrected chi connectivity index (χ1v) is 5.60. The lowest BCUT2D eigenvalue weighted by Gasteiger charge is -2.11. The van der Waals surface area contributed by atoms with Crippen molar-refractivity contribution < 1.29 is 4.74 Å². The van der Waals surface area contributed by atoms with E-state index in [1.54, 1.807) is 25.3 Å². The first-order chi connectivity index (χ1) is 8.65. The molecule has 0 bridgehead atoms. The maximum atomic E-state index is 8.96. The summed E-state index contributed by atoms with van der Waals surface area (Å²) in [5, 5.41) is 8.96. The molecule has 2 aromatic rings. The fourth-order valence-electron chi connectivity index (χ4n) is 1.92. The maximum Gasteiger partial charge on any atom is 0.126 e. The fraction of sp³-hybridized carbons (Fsp3) is 0.133. The smallest absolute Gasteiger partial charge is 0.126 e. The van der Waals surface area contributed by atoms with Gasteiger partial charge in [0.1, 0.15) is 5.75 Å². The van der Waals surface area contributed by atoms with Crippen LogP contribution >= 0.6 is 0 Å². The SMILES string of the molecule is COc1ccc(C#N)cc1-c1ccc(C)cc1N. The van der Waals surface area contributed by atoms with E-state index < -0.39 is 0 Å². The van der Waals surface area contributed by atoms with Gasteiger partial charge in [0.2, 0.25) is 0 Å². The predicted molar refractivity (Wildman–Crippen MR) is 72.3 cm³/mol. The Labute approximate surface area is 106 Å². The van der Waals surface area contributed by atoms with Crippen molar-refractivity contribution in [1.29, 1.82) is 5.26 Å². The first-order valence-electron chi connectivity index (χ1n) is 5.60. The number of anilines is 1. The highest BCUT2D eigenvalue weighted by molar-refractivity contribution is 5.81. The molecule has 0 aliphatic carbocycles. The number of aryl methyl sites for hydroxylation is 1. The Morgan fingerprint density at radius 3 is 2.50 bits per heavy atom. The summed E-state index contributed by atoms with van der Waals surface area (Å²) >= 11 is 0. The number of nitrogens with two attached hydrogens (primary N) is 1. The second-order valence-electron chi connectivity index (χ2n) is 4.12. The zero-order valence-corrected chi connectivity index (χ0v) is 10.4. The van der Waals surface area contributed by atoms with E-state index >= 15 is 0 Å². The van der Waals surface area contributed by atoms with Gasteiger partial charge >= 0.3 is 0 Å². The molecule has 0 spiro atoms. The predicted octanol–water partition coefficient (Wildman–Crippen LogP) is 3.12. The molecule has 0 amide bonds. The molecule has 0 saturated heterocycles. The summed E-state index contributed by atoms with van der Waals surface area (Å²) in [6.45, 7) is 1.99. The second kappa shape index (κ2) is 4.80. The molecule has 2 rings (SSSR count). The average Bonchev–Trinajstić information content (AvgIpc) is 2.38. The van der Waals surface area contributed by atoms with Crippen molar-refractivity contribution in [3.05, 3.63) is 47.5 Å². The van der Waals surface area contributed by atoms with E-state index in [-0.39, 0.29) is 0 Å². The lowest BCUT2D eigenvalue weighted by atomic mass is 9.99. The van der Waals surface area contributed by atoms with Gasteiger partial charge in [-0.25, -0.2) is 0 Å². The van der Waals surface area contributed by atoms with E-state index in [1.807, 2.05) is 25.1 Å². The van der Waals surface area contributed by atoms with Gasteiger partial charge in [-0.15, -0.1) is 0 Å². The van der Waals surface area contributed by atoms with E-state index in [9.17, 15) is 0 Å². The van der Waals surface area contributed by atoms with Crippen LogP contribution in [0.5, 0.6) is 5.75 Å². The summed E-state index contributed by atoms with van der Waals surface area (Å²) in [6, 6.07) is 13.3. The normalized spacial score (nSPS) is 9.83. The van der Waals surface area contributed by atoms with Crippen molar-refractivity contribution in [3.63, 3.8) is 0 Å². The molecule has 0 unspecified atom stereocenters. The van der Waals surface area contributed by atoms with Crippen LogP contribution < -0.4 is 10.5 Å². The van der Waals surface area contributed by atoms with Crippen molar-refractivity contribution in [2.24, 2.45) is 0 Å². The third-order valence-electron chi connectivity index (χ3n) is 2.83. The van der Waals surface area contributed by atoms with Crippen LogP contribution in [0.2, 0.25) is 0 Å². The summed E-state index contributed by atoms with van der Waals surface area (Å²) in [6.07, 6.45) is 0. The van der Waals surface area contributed by atoms with E-state index in [1.165, 1.54) is 0 Å². The lowest BCUT2D eigenvalue weighted by molar-refractivity contribution is 0.416. The highest BCUT2D eigenvalue weighted by Crippen LogP contribution is 2.34. The van der Waals surface area contributed by atoms with E-state index in [2.05, 4.69) is 6.07 Å². The van der Waals surface area contributed by atoms with Gasteiger partial charge < -0.3 is 10.5 Å². The molecule has 0 saturated carbocycles. The zero-order chi connectivity index (χ0) is 13.1. The highest BCUT2D eigenvalue weighted by Gasteiger charge is 2.10. The van der Waals surface area contributed by atoms with Crippen LogP contribution in [0.1, 0.15) is 11.1 Å². The number of hydrogen-bond acceptors (Lipinski definition) is 3. The molecule has 2 aromatic carbocycles. The summed E-state index contributed by atoms with van der Waals surface area (Å²) in [5.41, 5.74) is 10.1. The molecule has 18 heavy (non-hydrogen) atoms. The third kappa shape index (κ3) is 2.14. The summed E-state index contributed by atoms with van der Waals surface area (Å²) in [7, 11) is 1.61. The Hall–Kier alpha value is -2.47. The molecular weight excluding hydrogens is 224 g/mol. The minimum Gasteiger partial charge on any atom is -0.496 e. The summed E-state index contributed by atoms with van der Waals surface area (Å²) < 4.78 is 5.32. The summed E-state index contributed by atoms with van der Waals surface area (Å²) in [4.78, 5) is 0. The highest BCUT2D eigenvalue weighted by atomic mass is 16.5. The van der Waals surface area contributed by atoms with Crippen LogP contribution in [0, 0.1) is 18.3 Å². The molecule has 0 fully saturated rings. The Bertz CT molecular complexity index is 627. The number of hydrogen-bond donors (Lipinski definition) is 1. The van der Waals surface area contributed by atoms with Gasteiger partial charge in [-0.1, -0.05) is 12.1 Å². The third-order valence-corrected chi connectivity index (χ3v) is 2.83. The van der Waals surface area contributed by atoms with E-state index in [0.717, 1.165) is 16.7 Å². The molecule has 2 N–H and O–H groups in total. The molecule has 3 heteroatoms. The van der Waals surface area contributed by atoms with Crippen LogP contribution in [-0.2, 0) is 0 Å². The van der Waals surface area contributed by atoms with Crippen molar-refractivity contribution in [1.82, 2.24) is 0 Å². The van der Waals surface area contributed by atoms with Gasteiger partial charge in [-0.05, 0) is 36.8 Å². The molecule has 0 heterocycles. The minimum absolute atomic E-state index is 0.589. The largest absolute Gasteiger partial charge is 0.496 e. The zero-order valence-electron chi connectivity index (χ0n) is 10.4. The molecule has 3 nitrogen and oxygen atoms in total. The Kier molecular flexibility index (Phi) is 3.20. The summed E-state index contributed by atoms with van der Waals surface area (Å²) in [5.74, 6) is 0.713. The van der Waals surface area contributed by atoms with Crippen molar-refractivity contribution in [3.8, 4) is 22.9 Å². The topological polar surface area (TPSA) is 59.0 Å². The van der Waals surface area contributed by atoms with Gasteiger partial charge in [-0.3, -0.25) is 0 Å². The number of rotatable bonds is 2. The number of methoxy groups -OCH3 is 1.